The number of nitrogens with two attached hydrogens (primary N) is 1. The highest BCUT2D eigenvalue weighted by Crippen LogP contribution is 2.46. The molecule has 0 spiro atoms. The van der Waals surface area contributed by atoms with Crippen LogP contribution >= 0.6 is 0 Å². The van der Waals surface area contributed by atoms with Crippen LogP contribution in [-0.4, -0.2) is 17.3 Å². The van der Waals surface area contributed by atoms with E-state index < -0.39 is 0 Å². The average Bonchev–Trinajstić information content (AvgIpc) is 2.85. The quantitative estimate of drug-likeness (QED) is 0.654. The SMILES string of the molecule is NC1([C@H]2CC[C@H](CO)CC2)CC1. The van der Waals surface area contributed by atoms with Crippen LogP contribution in [0.1, 0.15) is 38.5 Å². The molecule has 2 saturated carbocycles. The largest absolute Gasteiger partial charge is 0.396 e. The third kappa shape index (κ3) is 1.50. The van der Waals surface area contributed by atoms with Crippen LogP contribution in [-0.2, 0) is 0 Å². The summed E-state index contributed by atoms with van der Waals surface area (Å²) in [4.78, 5) is 0. The molecule has 0 unspecified atom stereocenters. The maximum Gasteiger partial charge on any atom is 0.0459 e. The molecule has 12 heavy (non-hydrogen) atoms. The Morgan fingerprint density at radius 3 is 2.17 bits per heavy atom. The van der Waals surface area contributed by atoms with Crippen molar-refractivity contribution in [2.75, 3.05) is 6.61 Å². The first-order valence-corrected chi connectivity index (χ1v) is 5.14. The van der Waals surface area contributed by atoms with E-state index in [2.05, 4.69) is 0 Å². The number of rotatable bonds is 2. The molecule has 0 aromatic carbocycles. The fourth-order valence-electron chi connectivity index (χ4n) is 2.47. The van der Waals surface area contributed by atoms with Gasteiger partial charge in [0.1, 0.15) is 0 Å². The Bertz CT molecular complexity index is 157. The summed E-state index contributed by atoms with van der Waals surface area (Å²) in [6.45, 7) is 0.379. The number of hydrogen-bond donors (Lipinski definition) is 2. The van der Waals surface area contributed by atoms with Crippen molar-refractivity contribution in [3.05, 3.63) is 0 Å². The highest BCUT2D eigenvalue weighted by atomic mass is 16.3. The van der Waals surface area contributed by atoms with Crippen molar-refractivity contribution >= 4 is 0 Å². The lowest BCUT2D eigenvalue weighted by Crippen LogP contribution is -2.35. The third-order valence-electron chi connectivity index (χ3n) is 3.75. The zero-order valence-electron chi connectivity index (χ0n) is 7.63. The van der Waals surface area contributed by atoms with Gasteiger partial charge in [0.2, 0.25) is 0 Å². The molecule has 70 valence electrons. The summed E-state index contributed by atoms with van der Waals surface area (Å²) < 4.78 is 0. The first kappa shape index (κ1) is 8.52. The third-order valence-corrected chi connectivity index (χ3v) is 3.75. The van der Waals surface area contributed by atoms with Gasteiger partial charge in [0.15, 0.2) is 0 Å². The first-order chi connectivity index (χ1) is 5.74. The molecule has 0 heterocycles. The molecule has 2 aliphatic carbocycles. The van der Waals surface area contributed by atoms with E-state index in [0.717, 1.165) is 5.92 Å². The van der Waals surface area contributed by atoms with Crippen molar-refractivity contribution < 1.29 is 5.11 Å². The Kier molecular flexibility index (Phi) is 2.13. The van der Waals surface area contributed by atoms with Crippen molar-refractivity contribution in [3.8, 4) is 0 Å². The molecular weight excluding hydrogens is 150 g/mol. The van der Waals surface area contributed by atoms with E-state index in [0.29, 0.717) is 12.5 Å². The summed E-state index contributed by atoms with van der Waals surface area (Å²) >= 11 is 0. The number of hydrogen-bond acceptors (Lipinski definition) is 2. The zero-order valence-corrected chi connectivity index (χ0v) is 7.63. The lowest BCUT2D eigenvalue weighted by Gasteiger charge is -2.31. The van der Waals surface area contributed by atoms with Crippen LogP contribution in [0.15, 0.2) is 0 Å². The van der Waals surface area contributed by atoms with Crippen LogP contribution in [0.25, 0.3) is 0 Å². The number of aliphatic hydroxyl groups is 1. The Hall–Kier alpha value is -0.0800. The van der Waals surface area contributed by atoms with E-state index in [1.54, 1.807) is 0 Å². The Morgan fingerprint density at radius 2 is 1.75 bits per heavy atom. The summed E-state index contributed by atoms with van der Waals surface area (Å²) in [5.74, 6) is 1.34. The molecule has 2 heteroatoms. The van der Waals surface area contributed by atoms with Gasteiger partial charge in [0, 0.05) is 12.1 Å². The van der Waals surface area contributed by atoms with Crippen LogP contribution in [0.3, 0.4) is 0 Å². The molecule has 2 fully saturated rings. The molecule has 0 aliphatic heterocycles. The summed E-state index contributed by atoms with van der Waals surface area (Å²) in [6.07, 6.45) is 7.37. The van der Waals surface area contributed by atoms with Gasteiger partial charge in [-0.3, -0.25) is 0 Å². The maximum atomic E-state index is 8.96. The first-order valence-electron chi connectivity index (χ1n) is 5.14. The second-order valence-corrected chi connectivity index (χ2v) is 4.63. The topological polar surface area (TPSA) is 46.2 Å². The summed E-state index contributed by atoms with van der Waals surface area (Å²) in [7, 11) is 0. The van der Waals surface area contributed by atoms with Gasteiger partial charge < -0.3 is 10.8 Å². The van der Waals surface area contributed by atoms with Crippen LogP contribution < -0.4 is 5.73 Å². The standard InChI is InChI=1S/C10H19NO/c11-10(5-6-10)9-3-1-8(7-12)2-4-9/h8-9,12H,1-7,11H2/t8-,9-. The molecule has 0 saturated heterocycles. The summed E-state index contributed by atoms with van der Waals surface area (Å²) in [6, 6.07) is 0. The molecular formula is C10H19NO. The monoisotopic (exact) mass is 169 g/mol. The predicted molar refractivity (Wildman–Crippen MR) is 48.7 cm³/mol. The molecule has 2 rings (SSSR count). The van der Waals surface area contributed by atoms with Crippen molar-refractivity contribution in [1.82, 2.24) is 0 Å². The molecule has 0 bridgehead atoms. The maximum absolute atomic E-state index is 8.96. The molecule has 2 aliphatic rings. The second kappa shape index (κ2) is 3.00. The summed E-state index contributed by atoms with van der Waals surface area (Å²) in [5, 5.41) is 8.96. The van der Waals surface area contributed by atoms with Gasteiger partial charge in [-0.2, -0.15) is 0 Å². The predicted octanol–water partition coefficient (Wildman–Crippen LogP) is 1.28. The van der Waals surface area contributed by atoms with Crippen molar-refractivity contribution in [1.29, 1.82) is 0 Å². The highest BCUT2D eigenvalue weighted by Gasteiger charge is 2.46. The van der Waals surface area contributed by atoms with Gasteiger partial charge in [-0.25, -0.2) is 0 Å². The molecule has 0 radical (unpaired) electrons. The van der Waals surface area contributed by atoms with Gasteiger partial charge >= 0.3 is 0 Å². The van der Waals surface area contributed by atoms with Crippen LogP contribution in [0.2, 0.25) is 0 Å². The average molecular weight is 169 g/mol. The van der Waals surface area contributed by atoms with Crippen molar-refractivity contribution in [3.63, 3.8) is 0 Å². The number of aliphatic hydroxyl groups excluding tert-OH is 1. The lowest BCUT2D eigenvalue weighted by atomic mass is 9.78. The molecule has 0 amide bonds. The Labute approximate surface area is 74.1 Å². The molecule has 3 N–H and O–H groups in total. The zero-order chi connectivity index (χ0) is 8.60. The lowest BCUT2D eigenvalue weighted by molar-refractivity contribution is 0.154. The van der Waals surface area contributed by atoms with Gasteiger partial charge in [-0.1, -0.05) is 0 Å². The second-order valence-electron chi connectivity index (χ2n) is 4.63. The molecule has 0 atom stereocenters. The van der Waals surface area contributed by atoms with E-state index in [1.165, 1.54) is 38.5 Å². The van der Waals surface area contributed by atoms with E-state index in [4.69, 9.17) is 10.8 Å². The fraction of sp³-hybridized carbons (Fsp3) is 1.00. The van der Waals surface area contributed by atoms with E-state index in [-0.39, 0.29) is 5.54 Å². The van der Waals surface area contributed by atoms with Crippen molar-refractivity contribution in [2.45, 2.75) is 44.1 Å². The Balaban J connectivity index is 1.82. The van der Waals surface area contributed by atoms with E-state index >= 15 is 0 Å². The van der Waals surface area contributed by atoms with Crippen LogP contribution in [0.4, 0.5) is 0 Å². The molecule has 2 nitrogen and oxygen atoms in total. The van der Waals surface area contributed by atoms with Gasteiger partial charge in [0.25, 0.3) is 0 Å². The van der Waals surface area contributed by atoms with Gasteiger partial charge in [0.05, 0.1) is 0 Å². The van der Waals surface area contributed by atoms with Gasteiger partial charge in [-0.15, -0.1) is 0 Å². The minimum Gasteiger partial charge on any atom is -0.396 e. The molecule has 0 aromatic rings. The van der Waals surface area contributed by atoms with Crippen molar-refractivity contribution in [2.24, 2.45) is 17.6 Å². The smallest absolute Gasteiger partial charge is 0.0459 e. The minimum absolute atomic E-state index is 0.223. The summed E-state index contributed by atoms with van der Waals surface area (Å²) in [5.41, 5.74) is 6.37. The van der Waals surface area contributed by atoms with E-state index in [1.807, 2.05) is 0 Å². The van der Waals surface area contributed by atoms with E-state index in [9.17, 15) is 0 Å². The fourth-order valence-corrected chi connectivity index (χ4v) is 2.47. The van der Waals surface area contributed by atoms with Crippen LogP contribution in [0.5, 0.6) is 0 Å². The minimum atomic E-state index is 0.223. The molecule has 0 aromatic heterocycles. The van der Waals surface area contributed by atoms with Gasteiger partial charge in [-0.05, 0) is 50.4 Å². The highest BCUT2D eigenvalue weighted by molar-refractivity contribution is 5.04. The van der Waals surface area contributed by atoms with Crippen LogP contribution in [0, 0.1) is 11.8 Å². The normalized spacial score (nSPS) is 39.5. The Morgan fingerprint density at radius 1 is 1.17 bits per heavy atom.